The SMILES string of the molecule is C.C1CCOC1.CC1(C)OB(c2ccc(-c3ccc(C#N)cc3)c3ccccc23)OC1(C)C.O=S(=O)(Oc1ccc(-c2ccc(-c3cc(-c4ccccc4)nc(-c4ccccc4)c3)cc2)c2ccccc12)C(F)(F)C(F)(F)C(F)(F)C(F)(F)F.[B].[C-]#[N+]c1ccc(-c2ccc(-c3ccc(-c4ccc(-c5cc(-c6ccccc6)nc(-c6ccccc6)c5)cc4)c4ccccc34)c3ccccc23)cc1. The minimum absolute atomic E-state index is 0. The maximum atomic E-state index is 14.4. The molecule has 0 unspecified atom stereocenters. The maximum absolute atomic E-state index is 14.4. The Balaban J connectivity index is 0.000000157. The fourth-order valence-corrected chi connectivity index (χ4v) is 17.6. The zero-order chi connectivity index (χ0) is 94.4. The molecule has 2 fully saturated rings. The van der Waals surface area contributed by atoms with Crippen molar-refractivity contribution < 1.29 is 66.2 Å². The van der Waals surface area contributed by atoms with E-state index in [0.29, 0.717) is 22.4 Å². The maximum Gasteiger partial charge on any atom is 0.495 e. The second kappa shape index (κ2) is 40.3. The highest BCUT2D eigenvalue weighted by molar-refractivity contribution is 7.88. The van der Waals surface area contributed by atoms with E-state index < -0.39 is 46.3 Å². The summed E-state index contributed by atoms with van der Waals surface area (Å²) in [6, 6.07) is 128. The number of hydrogen-bond donors (Lipinski definition) is 0. The van der Waals surface area contributed by atoms with E-state index in [2.05, 4.69) is 225 Å². The Kier molecular flexibility index (Phi) is 28.4. The summed E-state index contributed by atoms with van der Waals surface area (Å²) in [5.41, 5.74) is 23.1. The van der Waals surface area contributed by atoms with Crippen molar-refractivity contribution in [2.45, 2.75) is 82.4 Å². The fourth-order valence-electron chi connectivity index (χ4n) is 16.7. The molecule has 3 radical (unpaired) electrons. The number of nitriles is 1. The van der Waals surface area contributed by atoms with Gasteiger partial charge in [-0.25, -0.2) is 14.8 Å². The molecule has 10 nitrogen and oxygen atoms in total. The van der Waals surface area contributed by atoms with Gasteiger partial charge in [-0.2, -0.15) is 53.2 Å². The number of alkyl halides is 9. The summed E-state index contributed by atoms with van der Waals surface area (Å²) in [6.45, 7) is 17.6. The van der Waals surface area contributed by atoms with Crippen LogP contribution in [0.3, 0.4) is 0 Å². The largest absolute Gasteiger partial charge is 0.495 e. The van der Waals surface area contributed by atoms with E-state index in [0.717, 1.165) is 125 Å². The molecule has 18 aromatic rings. The first kappa shape index (κ1) is 96.5. The second-order valence-corrected chi connectivity index (χ2v) is 35.2. The van der Waals surface area contributed by atoms with Gasteiger partial charge in [0.2, 0.25) is 0 Å². The summed E-state index contributed by atoms with van der Waals surface area (Å²) in [4.78, 5) is 13.5. The molecule has 0 spiro atoms. The first-order chi connectivity index (χ1) is 65.0. The van der Waals surface area contributed by atoms with Gasteiger partial charge in [0.15, 0.2) is 11.4 Å². The summed E-state index contributed by atoms with van der Waals surface area (Å²) in [7, 11) is -7.53. The fraction of sp³-hybridized carbons (Fsp3) is 0.130. The molecule has 0 atom stereocenters. The predicted octanol–water partition coefficient (Wildman–Crippen LogP) is 30.7. The number of rotatable bonds is 17. The van der Waals surface area contributed by atoms with E-state index in [1.165, 1.54) is 87.0 Å². The molecule has 0 aliphatic carbocycles. The Labute approximate surface area is 792 Å². The van der Waals surface area contributed by atoms with E-state index in [1.807, 2.05) is 146 Å². The molecule has 4 heterocycles. The number of fused-ring (bicyclic) bond motifs is 4. The number of ether oxygens (including phenoxy) is 1. The summed E-state index contributed by atoms with van der Waals surface area (Å²) < 4.78 is 168. The van der Waals surface area contributed by atoms with Crippen LogP contribution in [0.4, 0.5) is 45.2 Å². The standard InChI is InChI=1S/C50H32N2.C37H22F9NO3S.C23H22BNO2.C4H8O.CH4.B/c1-51-40-26-24-36(25-27-40)42-29-31-48(46-19-11-9-17-44(42)46)47-30-28-41(43-16-8-10-18-45(43)47)35-22-20-34(21-23-35)39-32-49(37-12-4-2-5-13-37)52-50(33-39)38-14-6-3-7-15-38;38-34(39,36(42,43)44)35(40,41)37(45,46)51(48,49)50-33-20-19-28(29-13-7-8-14-30(29)33)24-17-15-23(16-18-24)27-21-31(25-9-3-1-4-10-25)47-32(22-27)26-11-5-2-6-12-26;1-22(2)23(3,4)27-24(26-22)21-14-13-18(19-7-5-6-8-20(19)21)17-11-9-16(15-25)10-12-17;1-2-4-5-3-1;;/h2-33H;1-22H;5-14H,1-4H3;1-4H2;1H4;. The third-order valence-electron chi connectivity index (χ3n) is 24.6. The van der Waals surface area contributed by atoms with Crippen molar-refractivity contribution in [1.82, 2.24) is 9.97 Å². The van der Waals surface area contributed by atoms with Gasteiger partial charge >= 0.3 is 40.5 Å². The van der Waals surface area contributed by atoms with Crippen molar-refractivity contribution >= 4 is 79.9 Å². The number of halogens is 9. The average molecular weight is 1850 g/mol. The van der Waals surface area contributed by atoms with Gasteiger partial charge in [-0.15, -0.1) is 0 Å². The van der Waals surface area contributed by atoms with Crippen LogP contribution in [-0.2, 0) is 24.2 Å². The average Bonchev–Trinajstić information content (AvgIpc) is 0.790. The molecule has 2 aliphatic rings. The number of pyridine rings is 2. The van der Waals surface area contributed by atoms with Gasteiger partial charge < -0.3 is 18.2 Å². The molecule has 2 saturated heterocycles. The van der Waals surface area contributed by atoms with Crippen molar-refractivity contribution in [3.05, 3.63) is 405 Å². The monoisotopic (exact) mass is 1850 g/mol. The molecular weight excluding hydrogens is 1760 g/mol. The molecule has 22 heteroatoms. The van der Waals surface area contributed by atoms with Gasteiger partial charge in [0, 0.05) is 49.3 Å². The number of nitrogens with zero attached hydrogens (tertiary/aromatic N) is 4. The highest BCUT2D eigenvalue weighted by atomic mass is 32.2. The molecule has 679 valence electrons. The van der Waals surface area contributed by atoms with E-state index in [1.54, 1.807) is 24.3 Å². The molecular formula is C115H88B2F9N4O6S. The van der Waals surface area contributed by atoms with Crippen LogP contribution >= 0.6 is 0 Å². The molecule has 0 amide bonds. The molecule has 0 bridgehead atoms. The van der Waals surface area contributed by atoms with Crippen LogP contribution in [0.15, 0.2) is 388 Å². The Bertz CT molecular complexity index is 7470. The van der Waals surface area contributed by atoms with E-state index in [9.17, 15) is 47.9 Å². The molecule has 0 N–H and O–H groups in total. The quantitative estimate of drug-likeness (QED) is 0.0379. The molecule has 2 aliphatic heterocycles. The molecule has 20 rings (SSSR count). The molecule has 2 aromatic heterocycles. The lowest BCUT2D eigenvalue weighted by Crippen LogP contribution is -2.63. The lowest BCUT2D eigenvalue weighted by molar-refractivity contribution is -0.382. The lowest BCUT2D eigenvalue weighted by atomic mass is 9.75. The molecule has 16 aromatic carbocycles. The van der Waals surface area contributed by atoms with Gasteiger partial charge in [0.1, 0.15) is 0 Å². The Morgan fingerprint density at radius 3 is 0.993 bits per heavy atom. The predicted molar refractivity (Wildman–Crippen MR) is 534 cm³/mol. The van der Waals surface area contributed by atoms with Crippen LogP contribution in [0.25, 0.3) is 171 Å². The van der Waals surface area contributed by atoms with Gasteiger partial charge in [-0.05, 0) is 210 Å². The van der Waals surface area contributed by atoms with Gasteiger partial charge in [0.25, 0.3) is 0 Å². The van der Waals surface area contributed by atoms with E-state index >= 15 is 0 Å². The van der Waals surface area contributed by atoms with Crippen LogP contribution in [0.2, 0.25) is 0 Å². The summed E-state index contributed by atoms with van der Waals surface area (Å²) in [5.74, 6) is -15.8. The highest BCUT2D eigenvalue weighted by Gasteiger charge is 2.86. The van der Waals surface area contributed by atoms with Crippen molar-refractivity contribution in [1.29, 1.82) is 5.26 Å². The Hall–Kier alpha value is -15.0. The van der Waals surface area contributed by atoms with E-state index in [-0.39, 0.29) is 37.8 Å². The first-order valence-corrected chi connectivity index (χ1v) is 45.0. The van der Waals surface area contributed by atoms with Gasteiger partial charge in [0.05, 0.1) is 52.2 Å². The van der Waals surface area contributed by atoms with Crippen LogP contribution < -0.4 is 9.65 Å². The minimum atomic E-state index is -7.42. The smallest absolute Gasteiger partial charge is 0.399 e. The summed E-state index contributed by atoms with van der Waals surface area (Å²) >= 11 is 0. The van der Waals surface area contributed by atoms with Crippen LogP contribution in [0.5, 0.6) is 5.75 Å². The van der Waals surface area contributed by atoms with Crippen molar-refractivity contribution in [2.24, 2.45) is 0 Å². The van der Waals surface area contributed by atoms with Crippen molar-refractivity contribution in [3.63, 3.8) is 0 Å². The second-order valence-electron chi connectivity index (χ2n) is 33.6. The Morgan fingerprint density at radius 2 is 0.650 bits per heavy atom. The van der Waals surface area contributed by atoms with Gasteiger partial charge in [-0.3, -0.25) is 0 Å². The summed E-state index contributed by atoms with van der Waals surface area (Å²) in [5, 5.41) is 9.08. The molecule has 0 saturated carbocycles. The zero-order valence-electron chi connectivity index (χ0n) is 74.0. The van der Waals surface area contributed by atoms with Gasteiger partial charge in [-0.1, -0.05) is 347 Å². The number of hydrogen-bond acceptors (Lipinski definition) is 9. The Morgan fingerprint density at radius 1 is 0.358 bits per heavy atom. The number of aromatic nitrogens is 2. The normalized spacial score (nSPS) is 13.4. The van der Waals surface area contributed by atoms with Crippen LogP contribution in [0.1, 0.15) is 53.5 Å². The minimum Gasteiger partial charge on any atom is -0.399 e. The number of benzene rings is 16. The third kappa shape index (κ3) is 19.8. The molecule has 137 heavy (non-hydrogen) atoms. The lowest BCUT2D eigenvalue weighted by Gasteiger charge is -2.32. The topological polar surface area (TPSA) is 125 Å². The third-order valence-corrected chi connectivity index (χ3v) is 25.8. The van der Waals surface area contributed by atoms with Crippen molar-refractivity contribution in [3.8, 4) is 135 Å². The van der Waals surface area contributed by atoms with Crippen LogP contribution in [0, 0.1) is 17.9 Å². The van der Waals surface area contributed by atoms with Crippen LogP contribution in [-0.4, -0.2) is 81.6 Å². The zero-order valence-corrected chi connectivity index (χ0v) is 74.8. The van der Waals surface area contributed by atoms with Crippen molar-refractivity contribution in [2.75, 3.05) is 13.2 Å². The highest BCUT2D eigenvalue weighted by Crippen LogP contribution is 2.56. The first-order valence-electron chi connectivity index (χ1n) is 43.6. The summed E-state index contributed by atoms with van der Waals surface area (Å²) in [6.07, 6.45) is -4.65. The van der Waals surface area contributed by atoms with E-state index in [4.69, 9.17) is 35.8 Å².